The fourth-order valence-electron chi connectivity index (χ4n) is 4.43. The van der Waals surface area contributed by atoms with Crippen LogP contribution < -0.4 is 0 Å². The summed E-state index contributed by atoms with van der Waals surface area (Å²) in [5, 5.41) is 0.951. The molecule has 2 aromatic rings. The van der Waals surface area contributed by atoms with E-state index in [-0.39, 0.29) is 11.9 Å². The van der Waals surface area contributed by atoms with Gasteiger partial charge in [0.05, 0.1) is 6.04 Å². The summed E-state index contributed by atoms with van der Waals surface area (Å²) in [6.45, 7) is 6.32. The van der Waals surface area contributed by atoms with Gasteiger partial charge in [-0.25, -0.2) is 0 Å². The molecular weight excluding hydrogens is 443 g/mol. The van der Waals surface area contributed by atoms with Crippen LogP contribution in [0, 0.1) is 0 Å². The van der Waals surface area contributed by atoms with Crippen molar-refractivity contribution in [2.75, 3.05) is 0 Å². The van der Waals surface area contributed by atoms with E-state index < -0.39 is 5.66 Å². The quantitative estimate of drug-likeness (QED) is 0.269. The average Bonchev–Trinajstić information content (AvgIpc) is 3.02. The summed E-state index contributed by atoms with van der Waals surface area (Å²) in [4.78, 5) is 31.9. The third-order valence-corrected chi connectivity index (χ3v) is 6.45. The third kappa shape index (κ3) is 5.24. The molecule has 0 N–H and O–H groups in total. The van der Waals surface area contributed by atoms with Crippen molar-refractivity contribution in [3.63, 3.8) is 0 Å². The molecule has 2 atom stereocenters. The Morgan fingerprint density at radius 1 is 1.03 bits per heavy atom. The number of carbonyl (C=O) groups is 2. The monoisotopic (exact) mass is 472 g/mol. The highest BCUT2D eigenvalue weighted by molar-refractivity contribution is 6.47. The molecule has 2 unspecified atom stereocenters. The van der Waals surface area contributed by atoms with Gasteiger partial charge in [0.1, 0.15) is 17.7 Å². The van der Waals surface area contributed by atoms with Gasteiger partial charge in [-0.3, -0.25) is 14.6 Å². The van der Waals surface area contributed by atoms with Gasteiger partial charge in [-0.05, 0) is 49.9 Å². The van der Waals surface area contributed by atoms with Crippen molar-refractivity contribution in [1.29, 1.82) is 0 Å². The van der Waals surface area contributed by atoms with Crippen molar-refractivity contribution in [2.24, 2.45) is 4.99 Å². The second-order valence-corrected chi connectivity index (χ2v) is 9.43. The molecule has 0 bridgehead atoms. The molecule has 0 saturated heterocycles. The Morgan fingerprint density at radius 2 is 1.69 bits per heavy atom. The summed E-state index contributed by atoms with van der Waals surface area (Å²) < 4.78 is 0. The number of benzene rings is 2. The first-order chi connectivity index (χ1) is 15.3. The van der Waals surface area contributed by atoms with Crippen LogP contribution >= 0.6 is 23.2 Å². The highest BCUT2D eigenvalue weighted by Gasteiger charge is 2.47. The molecule has 0 spiro atoms. The van der Waals surface area contributed by atoms with E-state index in [1.54, 1.807) is 30.3 Å². The molecule has 3 rings (SSSR count). The highest BCUT2D eigenvalue weighted by Crippen LogP contribution is 2.41. The lowest BCUT2D eigenvalue weighted by molar-refractivity contribution is -0.131. The van der Waals surface area contributed by atoms with Gasteiger partial charge in [0, 0.05) is 21.2 Å². The molecule has 0 aliphatic carbocycles. The van der Waals surface area contributed by atoms with Crippen molar-refractivity contribution in [2.45, 2.75) is 71.0 Å². The van der Waals surface area contributed by atoms with Crippen LogP contribution in [-0.4, -0.2) is 28.5 Å². The van der Waals surface area contributed by atoms with Crippen LogP contribution in [0.1, 0.15) is 86.8 Å². The third-order valence-electron chi connectivity index (χ3n) is 6.01. The van der Waals surface area contributed by atoms with Gasteiger partial charge in [-0.1, -0.05) is 80.6 Å². The van der Waals surface area contributed by atoms with Crippen molar-refractivity contribution in [3.8, 4) is 0 Å². The minimum atomic E-state index is -0.667. The molecule has 0 fully saturated rings. The zero-order valence-electron chi connectivity index (χ0n) is 18.9. The molecule has 6 heteroatoms. The van der Waals surface area contributed by atoms with Crippen LogP contribution in [0.4, 0.5) is 0 Å². The van der Waals surface area contributed by atoms with Crippen molar-refractivity contribution < 1.29 is 9.59 Å². The maximum absolute atomic E-state index is 13.8. The van der Waals surface area contributed by atoms with E-state index in [0.29, 0.717) is 26.9 Å². The van der Waals surface area contributed by atoms with Gasteiger partial charge >= 0.3 is 0 Å². The Kier molecular flexibility index (Phi) is 8.13. The Balaban J connectivity index is 2.07. The zero-order chi connectivity index (χ0) is 23.3. The number of aldehydes is 1. The number of rotatable bonds is 10. The number of nitrogens with zero attached hydrogens (tertiary/aromatic N) is 2. The lowest BCUT2D eigenvalue weighted by Crippen LogP contribution is -2.47. The molecule has 2 aromatic carbocycles. The first-order valence-corrected chi connectivity index (χ1v) is 12.0. The van der Waals surface area contributed by atoms with E-state index in [1.165, 1.54) is 0 Å². The number of unbranched alkanes of at least 4 members (excludes halogenated alkanes) is 2. The molecule has 0 saturated carbocycles. The lowest BCUT2D eigenvalue weighted by atomic mass is 9.94. The summed E-state index contributed by atoms with van der Waals surface area (Å²) in [5.74, 6) is -0.111. The molecule has 1 amide bonds. The fraction of sp³-hybridized carbons (Fsp3) is 0.423. The van der Waals surface area contributed by atoms with Crippen molar-refractivity contribution in [1.82, 2.24) is 4.90 Å². The minimum absolute atomic E-state index is 0.111. The van der Waals surface area contributed by atoms with Crippen molar-refractivity contribution in [3.05, 3.63) is 69.2 Å². The second-order valence-electron chi connectivity index (χ2n) is 8.56. The molecule has 32 heavy (non-hydrogen) atoms. The van der Waals surface area contributed by atoms with Gasteiger partial charge in [-0.15, -0.1) is 0 Å². The van der Waals surface area contributed by atoms with E-state index >= 15 is 0 Å². The second kappa shape index (κ2) is 10.6. The number of hydrogen-bond donors (Lipinski definition) is 0. The van der Waals surface area contributed by atoms with E-state index in [2.05, 4.69) is 13.8 Å². The summed E-state index contributed by atoms with van der Waals surface area (Å²) >= 11 is 12.5. The number of halogens is 2. The van der Waals surface area contributed by atoms with Crippen LogP contribution in [0.25, 0.3) is 0 Å². The maximum Gasteiger partial charge on any atom is 0.275 e. The first-order valence-electron chi connectivity index (χ1n) is 11.3. The lowest BCUT2D eigenvalue weighted by Gasteiger charge is -2.39. The summed E-state index contributed by atoms with van der Waals surface area (Å²) in [6, 6.07) is 12.5. The summed E-state index contributed by atoms with van der Waals surface area (Å²) in [7, 11) is 0. The molecule has 1 aliphatic rings. The van der Waals surface area contributed by atoms with Crippen molar-refractivity contribution >= 4 is 41.1 Å². The van der Waals surface area contributed by atoms with Crippen LogP contribution in [0.3, 0.4) is 0 Å². The smallest absolute Gasteiger partial charge is 0.275 e. The summed E-state index contributed by atoms with van der Waals surface area (Å²) in [5.41, 5.74) is 2.00. The Bertz CT molecular complexity index is 983. The Morgan fingerprint density at radius 3 is 2.25 bits per heavy atom. The fourth-order valence-corrected chi connectivity index (χ4v) is 4.96. The number of hydrogen-bond acceptors (Lipinski definition) is 3. The van der Waals surface area contributed by atoms with Crippen LogP contribution in [0.2, 0.25) is 10.0 Å². The highest BCUT2D eigenvalue weighted by atomic mass is 35.5. The number of amides is 1. The predicted octanol–water partition coefficient (Wildman–Crippen LogP) is 7.28. The molecule has 0 aromatic heterocycles. The molecule has 4 nitrogen and oxygen atoms in total. The van der Waals surface area contributed by atoms with Gasteiger partial charge < -0.3 is 4.90 Å². The Labute approximate surface area is 200 Å². The number of carbonyl (C=O) groups excluding carboxylic acids is 2. The SMILES string of the molecule is CCCCCC1(C)N=C(c2cc(Cl)cc(Cl)c2)C(=O)N1C(CCC)c1ccc(C=O)cc1. The first kappa shape index (κ1) is 24.5. The van der Waals surface area contributed by atoms with Gasteiger partial charge in [0.15, 0.2) is 0 Å². The summed E-state index contributed by atoms with van der Waals surface area (Å²) in [6.07, 6.45) is 6.47. The van der Waals surface area contributed by atoms with Gasteiger partial charge in [-0.2, -0.15) is 0 Å². The van der Waals surface area contributed by atoms with E-state index in [0.717, 1.165) is 50.4 Å². The minimum Gasteiger partial charge on any atom is -0.306 e. The zero-order valence-corrected chi connectivity index (χ0v) is 20.4. The van der Waals surface area contributed by atoms with E-state index in [1.807, 2.05) is 24.0 Å². The van der Waals surface area contributed by atoms with E-state index in [4.69, 9.17) is 28.2 Å². The molecular formula is C26H30Cl2N2O2. The largest absolute Gasteiger partial charge is 0.306 e. The van der Waals surface area contributed by atoms with E-state index in [9.17, 15) is 9.59 Å². The molecule has 0 radical (unpaired) electrons. The van der Waals surface area contributed by atoms with Crippen LogP contribution in [0.5, 0.6) is 0 Å². The molecule has 170 valence electrons. The van der Waals surface area contributed by atoms with Gasteiger partial charge in [0.25, 0.3) is 5.91 Å². The Hall–Kier alpha value is -2.17. The van der Waals surface area contributed by atoms with Crippen LogP contribution in [0.15, 0.2) is 47.5 Å². The number of aliphatic imine (C=N–C) groups is 1. The topological polar surface area (TPSA) is 49.7 Å². The van der Waals surface area contributed by atoms with Crippen LogP contribution in [-0.2, 0) is 4.79 Å². The standard InChI is InChI=1S/C26H30Cl2N2O2/c1-4-6-7-13-26(3)29-24(20-14-21(27)16-22(28)15-20)25(32)30(26)23(8-5-2)19-11-9-18(17-31)10-12-19/h9-12,14-17,23H,4-8,13H2,1-3H3. The molecule has 1 heterocycles. The molecule has 1 aliphatic heterocycles. The van der Waals surface area contributed by atoms with Gasteiger partial charge in [0.2, 0.25) is 0 Å². The predicted molar refractivity (Wildman–Crippen MR) is 132 cm³/mol. The normalized spacial score (nSPS) is 19.2. The maximum atomic E-state index is 13.8. The average molecular weight is 473 g/mol.